The van der Waals surface area contributed by atoms with Gasteiger partial charge < -0.3 is 9.47 Å². The van der Waals surface area contributed by atoms with E-state index in [1.165, 1.54) is 6.42 Å². The zero-order valence-corrected chi connectivity index (χ0v) is 11.0. The zero-order chi connectivity index (χ0) is 13.3. The fraction of sp³-hybridized carbons (Fsp3) is 0.714. The van der Waals surface area contributed by atoms with Crippen molar-refractivity contribution < 1.29 is 19.1 Å². The Bertz CT molecular complexity index is 374. The second kappa shape index (κ2) is 5.12. The third-order valence-electron chi connectivity index (χ3n) is 3.94. The Kier molecular flexibility index (Phi) is 3.73. The number of rotatable bonds is 4. The number of carbonyl (C=O) groups excluding carboxylic acids is 2. The van der Waals surface area contributed by atoms with E-state index >= 15 is 0 Å². The molecule has 0 heterocycles. The summed E-state index contributed by atoms with van der Waals surface area (Å²) < 4.78 is 10.1. The van der Waals surface area contributed by atoms with E-state index in [0.29, 0.717) is 17.4 Å². The molecule has 100 valence electrons. The van der Waals surface area contributed by atoms with E-state index in [9.17, 15) is 9.59 Å². The molecular formula is C14H20O4. The van der Waals surface area contributed by atoms with Crippen molar-refractivity contribution in [2.45, 2.75) is 45.8 Å². The molecule has 4 heteroatoms. The fourth-order valence-corrected chi connectivity index (χ4v) is 3.06. The van der Waals surface area contributed by atoms with E-state index in [0.717, 1.165) is 19.3 Å². The average molecular weight is 252 g/mol. The Morgan fingerprint density at radius 3 is 2.44 bits per heavy atom. The van der Waals surface area contributed by atoms with E-state index < -0.39 is 12.3 Å². The van der Waals surface area contributed by atoms with E-state index in [1.807, 2.05) is 0 Å². The van der Waals surface area contributed by atoms with Gasteiger partial charge in [-0.2, -0.15) is 0 Å². The summed E-state index contributed by atoms with van der Waals surface area (Å²) in [4.78, 5) is 23.2. The van der Waals surface area contributed by atoms with Crippen LogP contribution in [0.2, 0.25) is 0 Å². The van der Waals surface area contributed by atoms with E-state index in [-0.39, 0.29) is 11.9 Å². The highest BCUT2D eigenvalue weighted by Crippen LogP contribution is 2.48. The molecule has 0 amide bonds. The lowest BCUT2D eigenvalue weighted by Crippen LogP contribution is -2.29. The van der Waals surface area contributed by atoms with Crippen LogP contribution >= 0.6 is 0 Å². The normalized spacial score (nSPS) is 30.9. The molecule has 0 aromatic rings. The van der Waals surface area contributed by atoms with Gasteiger partial charge in [-0.3, -0.25) is 4.79 Å². The first kappa shape index (κ1) is 13.1. The molecule has 2 aliphatic carbocycles. The fourth-order valence-electron chi connectivity index (χ4n) is 3.06. The topological polar surface area (TPSA) is 52.6 Å². The summed E-state index contributed by atoms with van der Waals surface area (Å²) >= 11 is 0. The van der Waals surface area contributed by atoms with Crippen molar-refractivity contribution in [3.05, 3.63) is 12.2 Å². The first-order chi connectivity index (χ1) is 8.47. The molecule has 0 aliphatic heterocycles. The van der Waals surface area contributed by atoms with Crippen LogP contribution < -0.4 is 0 Å². The quantitative estimate of drug-likeness (QED) is 0.438. The highest BCUT2D eigenvalue weighted by molar-refractivity contribution is 5.87. The third-order valence-corrected chi connectivity index (χ3v) is 3.94. The van der Waals surface area contributed by atoms with E-state index in [1.54, 1.807) is 13.8 Å². The Balaban J connectivity index is 1.80. The molecule has 0 saturated heterocycles. The van der Waals surface area contributed by atoms with Gasteiger partial charge in [0.05, 0.1) is 5.92 Å². The summed E-state index contributed by atoms with van der Waals surface area (Å²) in [6, 6.07) is 0. The Morgan fingerprint density at radius 2 is 1.94 bits per heavy atom. The molecule has 4 unspecified atom stereocenters. The molecule has 0 N–H and O–H groups in total. The number of esters is 2. The minimum absolute atomic E-state index is 0.00901. The van der Waals surface area contributed by atoms with Crippen molar-refractivity contribution in [3.63, 3.8) is 0 Å². The Hall–Kier alpha value is -1.32. The van der Waals surface area contributed by atoms with Crippen molar-refractivity contribution in [2.24, 2.45) is 17.8 Å². The highest BCUT2D eigenvalue weighted by Gasteiger charge is 2.44. The van der Waals surface area contributed by atoms with E-state index in [4.69, 9.17) is 9.47 Å². The second-order valence-electron chi connectivity index (χ2n) is 5.47. The maximum Gasteiger partial charge on any atom is 0.336 e. The van der Waals surface area contributed by atoms with Gasteiger partial charge in [0.2, 0.25) is 6.29 Å². The van der Waals surface area contributed by atoms with Gasteiger partial charge in [-0.15, -0.1) is 0 Å². The number of ether oxygens (including phenoxy) is 2. The summed E-state index contributed by atoms with van der Waals surface area (Å²) in [6.45, 7) is 6.60. The summed E-state index contributed by atoms with van der Waals surface area (Å²) in [5.41, 5.74) is 0.304. The van der Waals surface area contributed by atoms with Crippen molar-refractivity contribution in [1.29, 1.82) is 0 Å². The summed E-state index contributed by atoms with van der Waals surface area (Å²) in [7, 11) is 0. The van der Waals surface area contributed by atoms with Crippen LogP contribution in [0.1, 0.15) is 39.5 Å². The molecular weight excluding hydrogens is 232 g/mol. The lowest BCUT2D eigenvalue weighted by Gasteiger charge is -2.22. The molecule has 4 nitrogen and oxygen atoms in total. The minimum atomic E-state index is -0.833. The molecule has 0 aromatic heterocycles. The third kappa shape index (κ3) is 2.74. The first-order valence-corrected chi connectivity index (χ1v) is 6.54. The Labute approximate surface area is 107 Å². The largest absolute Gasteiger partial charge is 0.425 e. The molecule has 2 fully saturated rings. The van der Waals surface area contributed by atoms with Gasteiger partial charge in [-0.05, 0) is 38.0 Å². The molecule has 0 spiro atoms. The van der Waals surface area contributed by atoms with Crippen LogP contribution in [0.25, 0.3) is 0 Å². The van der Waals surface area contributed by atoms with Crippen molar-refractivity contribution >= 4 is 11.9 Å². The molecule has 0 radical (unpaired) electrons. The molecule has 2 saturated carbocycles. The van der Waals surface area contributed by atoms with Gasteiger partial charge in [0, 0.05) is 12.5 Å². The molecule has 4 atom stereocenters. The van der Waals surface area contributed by atoms with E-state index in [2.05, 4.69) is 6.58 Å². The standard InChI is InChI=1S/C14H20O4/c1-8(2)13(15)17-9(3)18-14(16)12-7-10-4-5-11(12)6-10/h9-12H,1,4-7H2,2-3H3. The van der Waals surface area contributed by atoms with Crippen LogP contribution in [-0.4, -0.2) is 18.2 Å². The number of hydrogen-bond acceptors (Lipinski definition) is 4. The molecule has 2 bridgehead atoms. The molecule has 18 heavy (non-hydrogen) atoms. The number of fused-ring (bicyclic) bond motifs is 2. The highest BCUT2D eigenvalue weighted by atomic mass is 16.7. The predicted molar refractivity (Wildman–Crippen MR) is 65.4 cm³/mol. The van der Waals surface area contributed by atoms with Crippen LogP contribution in [0.4, 0.5) is 0 Å². The number of hydrogen-bond donors (Lipinski definition) is 0. The lowest BCUT2D eigenvalue weighted by molar-refractivity contribution is -0.186. The first-order valence-electron chi connectivity index (χ1n) is 6.54. The van der Waals surface area contributed by atoms with Crippen molar-refractivity contribution in [2.75, 3.05) is 0 Å². The summed E-state index contributed by atoms with van der Waals surface area (Å²) in [5, 5.41) is 0. The van der Waals surface area contributed by atoms with Crippen LogP contribution in [0.15, 0.2) is 12.2 Å². The second-order valence-corrected chi connectivity index (χ2v) is 5.47. The van der Waals surface area contributed by atoms with Crippen molar-refractivity contribution in [1.82, 2.24) is 0 Å². The van der Waals surface area contributed by atoms with Crippen molar-refractivity contribution in [3.8, 4) is 0 Å². The van der Waals surface area contributed by atoms with Gasteiger partial charge in [-0.1, -0.05) is 13.0 Å². The summed E-state index contributed by atoms with van der Waals surface area (Å²) in [6.07, 6.45) is 3.63. The number of carbonyl (C=O) groups is 2. The summed E-state index contributed by atoms with van der Waals surface area (Å²) in [5.74, 6) is 0.439. The zero-order valence-electron chi connectivity index (χ0n) is 11.0. The average Bonchev–Trinajstić information content (AvgIpc) is 2.89. The maximum absolute atomic E-state index is 12.0. The van der Waals surface area contributed by atoms with Crippen LogP contribution in [-0.2, 0) is 19.1 Å². The van der Waals surface area contributed by atoms with Gasteiger partial charge in [-0.25, -0.2) is 4.79 Å². The minimum Gasteiger partial charge on any atom is -0.425 e. The van der Waals surface area contributed by atoms with Gasteiger partial charge in [0.25, 0.3) is 0 Å². The van der Waals surface area contributed by atoms with Gasteiger partial charge >= 0.3 is 11.9 Å². The van der Waals surface area contributed by atoms with Crippen LogP contribution in [0, 0.1) is 17.8 Å². The Morgan fingerprint density at radius 1 is 1.22 bits per heavy atom. The molecule has 0 aromatic carbocycles. The van der Waals surface area contributed by atoms with Gasteiger partial charge in [0.1, 0.15) is 0 Å². The molecule has 2 aliphatic rings. The SMILES string of the molecule is C=C(C)C(=O)OC(C)OC(=O)C1CC2CCC1C2. The monoisotopic (exact) mass is 252 g/mol. The lowest BCUT2D eigenvalue weighted by atomic mass is 9.89. The molecule has 2 rings (SSSR count). The predicted octanol–water partition coefficient (Wildman–Crippen LogP) is 2.43. The van der Waals surface area contributed by atoms with Crippen LogP contribution in [0.3, 0.4) is 0 Å². The maximum atomic E-state index is 12.0. The smallest absolute Gasteiger partial charge is 0.336 e. The van der Waals surface area contributed by atoms with Gasteiger partial charge in [0.15, 0.2) is 0 Å². The van der Waals surface area contributed by atoms with Crippen LogP contribution in [0.5, 0.6) is 0 Å².